The van der Waals surface area contributed by atoms with E-state index in [9.17, 15) is 19.1 Å². The molecule has 0 unspecified atom stereocenters. The molecule has 1 fully saturated rings. The third kappa shape index (κ3) is 2.93. The van der Waals surface area contributed by atoms with Crippen molar-refractivity contribution in [2.24, 2.45) is 5.92 Å². The molecule has 7 heteroatoms. The van der Waals surface area contributed by atoms with Gasteiger partial charge in [0, 0.05) is 22.9 Å². The lowest BCUT2D eigenvalue weighted by Gasteiger charge is -2.35. The number of rotatable bonds is 4. The fourth-order valence-electron chi connectivity index (χ4n) is 2.98. The van der Waals surface area contributed by atoms with Gasteiger partial charge in [-0.3, -0.25) is 9.59 Å². The van der Waals surface area contributed by atoms with Gasteiger partial charge in [0.1, 0.15) is 11.9 Å². The van der Waals surface area contributed by atoms with E-state index in [0.717, 1.165) is 0 Å². The lowest BCUT2D eigenvalue weighted by molar-refractivity contribution is -0.128. The Kier molecular flexibility index (Phi) is 4.99. The highest BCUT2D eigenvalue weighted by molar-refractivity contribution is 9.10. The number of Topliss-reactive ketones (excluding diaryl/α,β-unsaturated/α-hetero) is 1. The highest BCUT2D eigenvalue weighted by Gasteiger charge is 2.53. The van der Waals surface area contributed by atoms with Gasteiger partial charge in [-0.2, -0.15) is 0 Å². The molecule has 2 N–H and O–H groups in total. The van der Waals surface area contributed by atoms with E-state index in [1.807, 2.05) is 0 Å². The summed E-state index contributed by atoms with van der Waals surface area (Å²) in [5.74, 6) is -1.98. The summed E-state index contributed by atoms with van der Waals surface area (Å²) in [5, 5.41) is 12.4. The van der Waals surface area contributed by atoms with E-state index in [1.54, 1.807) is 0 Å². The summed E-state index contributed by atoms with van der Waals surface area (Å²) in [6.07, 6.45) is -0.893. The van der Waals surface area contributed by atoms with Crippen molar-refractivity contribution in [2.75, 3.05) is 13.2 Å². The maximum absolute atomic E-state index is 14.4. The van der Waals surface area contributed by atoms with Gasteiger partial charge in [0.2, 0.25) is 5.91 Å². The Morgan fingerprint density at radius 2 is 2.18 bits per heavy atom. The van der Waals surface area contributed by atoms with Crippen molar-refractivity contribution in [2.45, 2.75) is 25.5 Å². The number of halogens is 2. The first-order valence-electron chi connectivity index (χ1n) is 6.79. The second kappa shape index (κ2) is 6.44. The number of hydrogen-bond acceptors (Lipinski definition) is 4. The van der Waals surface area contributed by atoms with Crippen LogP contribution in [0.3, 0.4) is 0 Å². The Bertz CT molecular complexity index is 609. The number of carbonyl (C=O) groups excluding carboxylic acids is 2. The van der Waals surface area contributed by atoms with Crippen LogP contribution in [0.25, 0.3) is 0 Å². The van der Waals surface area contributed by atoms with E-state index < -0.39 is 35.9 Å². The minimum Gasteiger partial charge on any atom is -0.396 e. The van der Waals surface area contributed by atoms with E-state index in [4.69, 9.17) is 4.74 Å². The van der Waals surface area contributed by atoms with Crippen LogP contribution >= 0.6 is 15.9 Å². The summed E-state index contributed by atoms with van der Waals surface area (Å²) in [6, 6.07) is 4.32. The molecule has 5 nitrogen and oxygen atoms in total. The molecule has 0 bridgehead atoms. The molecule has 0 radical (unpaired) electrons. The first kappa shape index (κ1) is 17.1. The van der Waals surface area contributed by atoms with Crippen LogP contribution in [0.15, 0.2) is 22.7 Å². The smallest absolute Gasteiger partial charge is 0.217 e. The summed E-state index contributed by atoms with van der Waals surface area (Å²) in [5.41, 5.74) is -1.11. The van der Waals surface area contributed by atoms with Gasteiger partial charge < -0.3 is 15.2 Å². The summed E-state index contributed by atoms with van der Waals surface area (Å²) in [6.45, 7) is 2.13. The predicted molar refractivity (Wildman–Crippen MR) is 80.6 cm³/mol. The van der Waals surface area contributed by atoms with E-state index in [0.29, 0.717) is 4.47 Å². The third-order valence-electron chi connectivity index (χ3n) is 3.89. The average Bonchev–Trinajstić information content (AvgIpc) is 2.80. The zero-order chi connectivity index (χ0) is 16.5. The van der Waals surface area contributed by atoms with Crippen LogP contribution in [0.5, 0.6) is 0 Å². The number of ketones is 1. The van der Waals surface area contributed by atoms with Crippen LogP contribution in [0.1, 0.15) is 19.4 Å². The second-order valence-corrected chi connectivity index (χ2v) is 6.32. The van der Waals surface area contributed by atoms with Crippen molar-refractivity contribution in [1.82, 2.24) is 5.32 Å². The second-order valence-electron chi connectivity index (χ2n) is 5.41. The molecule has 0 aromatic heterocycles. The van der Waals surface area contributed by atoms with Crippen molar-refractivity contribution >= 4 is 27.6 Å². The molecule has 3 atom stereocenters. The molecular formula is C15H17BrFNO4. The van der Waals surface area contributed by atoms with Crippen molar-refractivity contribution in [3.8, 4) is 0 Å². The van der Waals surface area contributed by atoms with Gasteiger partial charge >= 0.3 is 0 Å². The van der Waals surface area contributed by atoms with Gasteiger partial charge in [0.05, 0.1) is 18.8 Å². The Morgan fingerprint density at radius 1 is 1.50 bits per heavy atom. The number of nitrogens with one attached hydrogen (secondary N) is 1. The zero-order valence-electron chi connectivity index (χ0n) is 12.2. The molecule has 1 aliphatic heterocycles. The Balaban J connectivity index is 2.60. The number of aliphatic hydroxyl groups is 1. The molecule has 120 valence electrons. The average molecular weight is 374 g/mol. The standard InChI is InChI=1S/C15H17BrFNO4/c1-8(20)14-12(6-19)15(7-22-14,18-9(2)21)11-5-10(16)3-4-13(11)17/h3-5,12,14,19H,6-7H2,1-2H3,(H,18,21)/t12-,14-,15-/m1/s1. The van der Waals surface area contributed by atoms with Crippen LogP contribution in [0.4, 0.5) is 4.39 Å². The van der Waals surface area contributed by atoms with Crippen molar-refractivity contribution in [1.29, 1.82) is 0 Å². The molecule has 2 rings (SSSR count). The maximum Gasteiger partial charge on any atom is 0.217 e. The van der Waals surface area contributed by atoms with Crippen molar-refractivity contribution < 1.29 is 23.8 Å². The third-order valence-corrected chi connectivity index (χ3v) is 4.39. The van der Waals surface area contributed by atoms with Gasteiger partial charge in [-0.25, -0.2) is 4.39 Å². The van der Waals surface area contributed by atoms with Crippen LogP contribution < -0.4 is 5.32 Å². The van der Waals surface area contributed by atoms with Gasteiger partial charge in [-0.1, -0.05) is 15.9 Å². The molecule has 1 aromatic carbocycles. The molecule has 1 heterocycles. The molecule has 1 aromatic rings. The minimum atomic E-state index is -1.29. The largest absolute Gasteiger partial charge is 0.396 e. The molecule has 22 heavy (non-hydrogen) atoms. The number of aliphatic hydroxyl groups excluding tert-OH is 1. The van der Waals surface area contributed by atoms with Crippen LogP contribution in [0.2, 0.25) is 0 Å². The number of hydrogen-bond donors (Lipinski definition) is 2. The fourth-order valence-corrected chi connectivity index (χ4v) is 3.34. The maximum atomic E-state index is 14.4. The number of carbonyl (C=O) groups is 2. The van der Waals surface area contributed by atoms with Crippen LogP contribution in [0, 0.1) is 11.7 Å². The molecule has 1 aliphatic rings. The fraction of sp³-hybridized carbons (Fsp3) is 0.467. The SMILES string of the molecule is CC(=O)N[C@@]1(c2cc(Br)ccc2F)CO[C@H](C(C)=O)[C@H]1CO. The molecular weight excluding hydrogens is 357 g/mol. The lowest BCUT2D eigenvalue weighted by Crippen LogP contribution is -2.53. The lowest BCUT2D eigenvalue weighted by atomic mass is 9.77. The summed E-state index contributed by atoms with van der Waals surface area (Å²) in [7, 11) is 0. The van der Waals surface area contributed by atoms with E-state index >= 15 is 0 Å². The normalized spacial score (nSPS) is 27.7. The number of benzene rings is 1. The Hall–Kier alpha value is -1.31. The minimum absolute atomic E-state index is 0.0879. The van der Waals surface area contributed by atoms with Crippen molar-refractivity contribution in [3.63, 3.8) is 0 Å². The van der Waals surface area contributed by atoms with Gasteiger partial charge in [0.25, 0.3) is 0 Å². The first-order chi connectivity index (χ1) is 10.3. The molecule has 0 saturated carbocycles. The molecule has 1 saturated heterocycles. The van der Waals surface area contributed by atoms with Crippen molar-refractivity contribution in [3.05, 3.63) is 34.1 Å². The van der Waals surface area contributed by atoms with E-state index in [2.05, 4.69) is 21.2 Å². The van der Waals surface area contributed by atoms with Gasteiger partial charge in [-0.15, -0.1) is 0 Å². The molecule has 1 amide bonds. The summed E-state index contributed by atoms with van der Waals surface area (Å²) in [4.78, 5) is 23.4. The van der Waals surface area contributed by atoms with E-state index in [-0.39, 0.29) is 18.0 Å². The predicted octanol–water partition coefficient (Wildman–Crippen LogP) is 1.52. The number of ether oxygens (including phenoxy) is 1. The summed E-state index contributed by atoms with van der Waals surface area (Å²) >= 11 is 3.27. The highest BCUT2D eigenvalue weighted by Crippen LogP contribution is 2.41. The van der Waals surface area contributed by atoms with Gasteiger partial charge in [0.15, 0.2) is 5.78 Å². The molecule has 0 spiro atoms. The monoisotopic (exact) mass is 373 g/mol. The highest BCUT2D eigenvalue weighted by atomic mass is 79.9. The summed E-state index contributed by atoms with van der Waals surface area (Å²) < 4.78 is 20.5. The van der Waals surface area contributed by atoms with Gasteiger partial charge in [-0.05, 0) is 25.1 Å². The van der Waals surface area contributed by atoms with E-state index in [1.165, 1.54) is 32.0 Å². The van der Waals surface area contributed by atoms with Crippen LogP contribution in [-0.2, 0) is 19.9 Å². The quantitative estimate of drug-likeness (QED) is 0.838. The van der Waals surface area contributed by atoms with Crippen LogP contribution in [-0.4, -0.2) is 36.1 Å². The molecule has 0 aliphatic carbocycles. The Morgan fingerprint density at radius 3 is 2.73 bits per heavy atom. The topological polar surface area (TPSA) is 75.6 Å². The first-order valence-corrected chi connectivity index (χ1v) is 7.58. The number of amides is 1. The zero-order valence-corrected chi connectivity index (χ0v) is 13.8. The Labute approximate surface area is 136 Å².